The smallest absolute Gasteiger partial charge is 0.252 e. The minimum Gasteiger partial charge on any atom is -0.491 e. The van der Waals surface area contributed by atoms with E-state index < -0.39 is 0 Å². The van der Waals surface area contributed by atoms with Gasteiger partial charge in [-0.05, 0) is 50.2 Å². The Balaban J connectivity index is 1.31. The third kappa shape index (κ3) is 5.74. The number of carbonyl (C=O) groups is 1. The lowest BCUT2D eigenvalue weighted by atomic mass is 10.0. The molecule has 5 rings (SSSR count). The average molecular weight is 481 g/mol. The molecular formula is C31H34N3O2+. The van der Waals surface area contributed by atoms with Gasteiger partial charge in [-0.1, -0.05) is 48.5 Å². The van der Waals surface area contributed by atoms with Gasteiger partial charge < -0.3 is 15.0 Å². The number of nitrogens with zero attached hydrogens (tertiary/aromatic N) is 1. The molecule has 0 aliphatic carbocycles. The first-order valence-electron chi connectivity index (χ1n) is 12.9. The zero-order valence-corrected chi connectivity index (χ0v) is 21.0. The van der Waals surface area contributed by atoms with Crippen LogP contribution >= 0.6 is 0 Å². The van der Waals surface area contributed by atoms with Gasteiger partial charge in [-0.15, -0.1) is 0 Å². The highest BCUT2D eigenvalue weighted by molar-refractivity contribution is 6.07. The average Bonchev–Trinajstić information content (AvgIpc) is 2.90. The third-order valence-electron chi connectivity index (χ3n) is 6.81. The number of rotatable bonds is 7. The van der Waals surface area contributed by atoms with Gasteiger partial charge in [0.1, 0.15) is 12.3 Å². The van der Waals surface area contributed by atoms with E-state index in [2.05, 4.69) is 35.6 Å². The molecule has 4 aromatic rings. The molecule has 1 saturated heterocycles. The highest BCUT2D eigenvalue weighted by Crippen LogP contribution is 2.27. The van der Waals surface area contributed by atoms with E-state index in [4.69, 9.17) is 9.72 Å². The SMILES string of the molecule is CC(C)Oc1ccc(-c2cc(C(=O)NC3CC[NH+](Cc4ccccc4)CC3)c3ccccc3n2)cc1. The quantitative estimate of drug-likeness (QED) is 0.404. The van der Waals surface area contributed by atoms with Crippen molar-refractivity contribution in [1.29, 1.82) is 0 Å². The number of piperidine rings is 1. The minimum absolute atomic E-state index is 0.0221. The predicted octanol–water partition coefficient (Wildman–Crippen LogP) is 4.67. The molecule has 0 radical (unpaired) electrons. The zero-order valence-electron chi connectivity index (χ0n) is 21.0. The molecule has 2 N–H and O–H groups in total. The van der Waals surface area contributed by atoms with Gasteiger partial charge in [0.25, 0.3) is 5.91 Å². The van der Waals surface area contributed by atoms with Crippen LogP contribution in [-0.4, -0.2) is 36.1 Å². The molecule has 5 heteroatoms. The zero-order chi connectivity index (χ0) is 24.9. The number of amides is 1. The number of pyridine rings is 1. The van der Waals surface area contributed by atoms with Gasteiger partial charge in [0.15, 0.2) is 0 Å². The molecule has 1 fully saturated rings. The molecule has 5 nitrogen and oxygen atoms in total. The fourth-order valence-corrected chi connectivity index (χ4v) is 4.98. The van der Waals surface area contributed by atoms with Crippen molar-refractivity contribution in [1.82, 2.24) is 10.3 Å². The Labute approximate surface area is 213 Å². The van der Waals surface area contributed by atoms with Crippen molar-refractivity contribution >= 4 is 16.8 Å². The van der Waals surface area contributed by atoms with E-state index in [0.717, 1.165) is 60.4 Å². The second kappa shape index (κ2) is 10.9. The number of carbonyl (C=O) groups excluding carboxylic acids is 1. The molecule has 1 aliphatic rings. The number of nitrogens with one attached hydrogen (secondary N) is 2. The largest absolute Gasteiger partial charge is 0.491 e. The standard InChI is InChI=1S/C31H33N3O2/c1-22(2)36-26-14-12-24(13-15-26)30-20-28(27-10-6-7-11-29(27)33-30)31(35)32-25-16-18-34(19-17-25)21-23-8-4-3-5-9-23/h3-15,20,22,25H,16-19,21H2,1-2H3,(H,32,35)/p+1. The summed E-state index contributed by atoms with van der Waals surface area (Å²) in [6.07, 6.45) is 2.10. The van der Waals surface area contributed by atoms with Crippen LogP contribution in [0.5, 0.6) is 5.75 Å². The van der Waals surface area contributed by atoms with Crippen LogP contribution < -0.4 is 15.0 Å². The molecule has 0 bridgehead atoms. The number of para-hydroxylation sites is 1. The van der Waals surface area contributed by atoms with Crippen molar-refractivity contribution < 1.29 is 14.4 Å². The lowest BCUT2D eigenvalue weighted by Gasteiger charge is -2.30. The van der Waals surface area contributed by atoms with Gasteiger partial charge in [0, 0.05) is 35.4 Å². The molecule has 3 aromatic carbocycles. The number of likely N-dealkylation sites (tertiary alicyclic amines) is 1. The van der Waals surface area contributed by atoms with E-state index in [0.29, 0.717) is 5.56 Å². The van der Waals surface area contributed by atoms with Crippen LogP contribution in [0.3, 0.4) is 0 Å². The van der Waals surface area contributed by atoms with Gasteiger partial charge in [0.2, 0.25) is 0 Å². The van der Waals surface area contributed by atoms with Crippen LogP contribution in [0.15, 0.2) is 84.9 Å². The monoisotopic (exact) mass is 480 g/mol. The summed E-state index contributed by atoms with van der Waals surface area (Å²) in [6, 6.07) is 28.6. The van der Waals surface area contributed by atoms with E-state index >= 15 is 0 Å². The van der Waals surface area contributed by atoms with Gasteiger partial charge in [-0.25, -0.2) is 4.98 Å². The summed E-state index contributed by atoms with van der Waals surface area (Å²) in [5.74, 6) is 0.805. The Morgan fingerprint density at radius 1 is 0.972 bits per heavy atom. The summed E-state index contributed by atoms with van der Waals surface area (Å²) < 4.78 is 5.78. The van der Waals surface area contributed by atoms with Crippen molar-refractivity contribution in [2.45, 2.75) is 45.4 Å². The van der Waals surface area contributed by atoms with Crippen LogP contribution in [0.1, 0.15) is 42.6 Å². The van der Waals surface area contributed by atoms with E-state index in [9.17, 15) is 4.79 Å². The molecule has 0 atom stereocenters. The first kappa shape index (κ1) is 24.0. The van der Waals surface area contributed by atoms with E-state index in [1.807, 2.05) is 68.4 Å². The normalized spacial score (nSPS) is 17.8. The van der Waals surface area contributed by atoms with Crippen molar-refractivity contribution in [2.24, 2.45) is 0 Å². The number of quaternary nitrogens is 1. The molecule has 2 heterocycles. The summed E-state index contributed by atoms with van der Waals surface area (Å²) >= 11 is 0. The summed E-state index contributed by atoms with van der Waals surface area (Å²) in [5, 5.41) is 4.20. The molecule has 1 amide bonds. The number of hydrogen-bond acceptors (Lipinski definition) is 3. The Kier molecular flexibility index (Phi) is 7.28. The fraction of sp³-hybridized carbons (Fsp3) is 0.290. The van der Waals surface area contributed by atoms with Crippen LogP contribution in [0.2, 0.25) is 0 Å². The molecular weight excluding hydrogens is 446 g/mol. The topological polar surface area (TPSA) is 55.7 Å². The lowest BCUT2D eigenvalue weighted by molar-refractivity contribution is -0.918. The number of aromatic nitrogens is 1. The molecule has 0 saturated carbocycles. The maximum atomic E-state index is 13.5. The number of benzene rings is 3. The number of ether oxygens (including phenoxy) is 1. The van der Waals surface area contributed by atoms with Crippen molar-refractivity contribution in [3.63, 3.8) is 0 Å². The van der Waals surface area contributed by atoms with Crippen molar-refractivity contribution in [2.75, 3.05) is 13.1 Å². The number of hydrogen-bond donors (Lipinski definition) is 2. The molecule has 184 valence electrons. The molecule has 0 unspecified atom stereocenters. The van der Waals surface area contributed by atoms with E-state index in [1.54, 1.807) is 4.90 Å². The van der Waals surface area contributed by atoms with Gasteiger partial charge in [0.05, 0.1) is 36.0 Å². The maximum absolute atomic E-state index is 13.5. The van der Waals surface area contributed by atoms with Gasteiger partial charge in [-0.3, -0.25) is 4.79 Å². The van der Waals surface area contributed by atoms with Crippen molar-refractivity contribution in [3.8, 4) is 17.0 Å². The Hall–Kier alpha value is -3.70. The summed E-state index contributed by atoms with van der Waals surface area (Å²) in [7, 11) is 0. The Morgan fingerprint density at radius 2 is 1.67 bits per heavy atom. The summed E-state index contributed by atoms with van der Waals surface area (Å²) in [5.41, 5.74) is 4.62. The van der Waals surface area contributed by atoms with Crippen LogP contribution in [0.4, 0.5) is 0 Å². The summed E-state index contributed by atoms with van der Waals surface area (Å²) in [4.78, 5) is 19.9. The van der Waals surface area contributed by atoms with Crippen LogP contribution in [-0.2, 0) is 6.54 Å². The first-order chi connectivity index (χ1) is 17.5. The van der Waals surface area contributed by atoms with Crippen molar-refractivity contribution in [3.05, 3.63) is 96.1 Å². The Bertz CT molecular complexity index is 1310. The molecule has 0 spiro atoms. The van der Waals surface area contributed by atoms with E-state index in [1.165, 1.54) is 5.56 Å². The molecule has 36 heavy (non-hydrogen) atoms. The van der Waals surface area contributed by atoms with Crippen LogP contribution in [0, 0.1) is 0 Å². The molecule has 1 aliphatic heterocycles. The highest BCUT2D eigenvalue weighted by atomic mass is 16.5. The second-order valence-corrected chi connectivity index (χ2v) is 9.92. The lowest BCUT2D eigenvalue weighted by Crippen LogP contribution is -3.12. The van der Waals surface area contributed by atoms with Gasteiger partial charge >= 0.3 is 0 Å². The Morgan fingerprint density at radius 3 is 2.39 bits per heavy atom. The minimum atomic E-state index is -0.0221. The third-order valence-corrected chi connectivity index (χ3v) is 6.81. The fourth-order valence-electron chi connectivity index (χ4n) is 4.98. The molecule has 1 aromatic heterocycles. The van der Waals surface area contributed by atoms with Gasteiger partial charge in [-0.2, -0.15) is 0 Å². The highest BCUT2D eigenvalue weighted by Gasteiger charge is 2.25. The number of fused-ring (bicyclic) bond motifs is 1. The first-order valence-corrected chi connectivity index (χ1v) is 12.9. The van der Waals surface area contributed by atoms with E-state index in [-0.39, 0.29) is 18.1 Å². The maximum Gasteiger partial charge on any atom is 0.252 e. The summed E-state index contributed by atoms with van der Waals surface area (Å²) in [6.45, 7) is 7.19. The van der Waals surface area contributed by atoms with Crippen LogP contribution in [0.25, 0.3) is 22.2 Å². The predicted molar refractivity (Wildman–Crippen MR) is 144 cm³/mol. The second-order valence-electron chi connectivity index (χ2n) is 9.92.